The second kappa shape index (κ2) is 6.68. The largest absolute Gasteiger partial charge is 0.493 e. The lowest BCUT2D eigenvalue weighted by atomic mass is 10.1. The zero-order valence-electron chi connectivity index (χ0n) is 14.6. The lowest BCUT2D eigenvalue weighted by Gasteiger charge is -2.12. The Morgan fingerprint density at radius 2 is 1.58 bits per heavy atom. The van der Waals surface area contributed by atoms with E-state index in [4.69, 9.17) is 14.2 Å². The molecule has 0 N–H and O–H groups in total. The zero-order valence-corrected chi connectivity index (χ0v) is 15.4. The monoisotopic (exact) mass is 367 g/mol. The number of rotatable bonds is 5. The molecule has 0 fully saturated rings. The highest BCUT2D eigenvalue weighted by Gasteiger charge is 2.18. The van der Waals surface area contributed by atoms with Crippen molar-refractivity contribution in [2.45, 2.75) is 0 Å². The summed E-state index contributed by atoms with van der Waals surface area (Å²) in [4.78, 5) is 5.48. The van der Waals surface area contributed by atoms with E-state index in [1.807, 2.05) is 34.8 Å². The summed E-state index contributed by atoms with van der Waals surface area (Å²) in [5, 5.41) is 6.75. The number of ether oxygens (including phenoxy) is 3. The minimum absolute atomic E-state index is 0.546. The Labute approximate surface area is 154 Å². The molecular formula is C19H17N3O3S. The summed E-state index contributed by atoms with van der Waals surface area (Å²) in [6, 6.07) is 13.8. The van der Waals surface area contributed by atoms with E-state index in [2.05, 4.69) is 27.6 Å². The third-order valence-corrected chi connectivity index (χ3v) is 4.89. The van der Waals surface area contributed by atoms with Crippen LogP contribution in [0.4, 0.5) is 0 Å². The van der Waals surface area contributed by atoms with Crippen LogP contribution in [-0.2, 0) is 0 Å². The third kappa shape index (κ3) is 2.66. The molecule has 0 aliphatic carbocycles. The molecule has 0 saturated heterocycles. The van der Waals surface area contributed by atoms with Crippen molar-refractivity contribution in [3.8, 4) is 39.9 Å². The molecule has 2 heterocycles. The maximum absolute atomic E-state index is 5.42. The number of methoxy groups -OCH3 is 3. The average molecular weight is 367 g/mol. The number of nitrogens with zero attached hydrogens (tertiary/aromatic N) is 3. The van der Waals surface area contributed by atoms with Crippen LogP contribution >= 0.6 is 11.3 Å². The van der Waals surface area contributed by atoms with Crippen LogP contribution in [0.2, 0.25) is 0 Å². The van der Waals surface area contributed by atoms with E-state index in [1.165, 1.54) is 0 Å². The summed E-state index contributed by atoms with van der Waals surface area (Å²) < 4.78 is 18.1. The third-order valence-electron chi connectivity index (χ3n) is 4.07. The van der Waals surface area contributed by atoms with Gasteiger partial charge in [-0.15, -0.1) is 16.4 Å². The Bertz CT molecular complexity index is 1030. The molecule has 4 rings (SSSR count). The van der Waals surface area contributed by atoms with Gasteiger partial charge in [0.1, 0.15) is 0 Å². The highest BCUT2D eigenvalue weighted by molar-refractivity contribution is 7.15. The molecule has 6 nitrogen and oxygen atoms in total. The molecular weight excluding hydrogens is 350 g/mol. The summed E-state index contributed by atoms with van der Waals surface area (Å²) in [5.41, 5.74) is 2.91. The second-order valence-electron chi connectivity index (χ2n) is 5.53. The van der Waals surface area contributed by atoms with E-state index in [0.717, 1.165) is 21.8 Å². The van der Waals surface area contributed by atoms with Crippen LogP contribution in [0.15, 0.2) is 47.8 Å². The van der Waals surface area contributed by atoms with Crippen molar-refractivity contribution in [2.24, 2.45) is 0 Å². The van der Waals surface area contributed by atoms with Crippen molar-refractivity contribution < 1.29 is 14.2 Å². The van der Waals surface area contributed by atoms with Gasteiger partial charge in [0.05, 0.1) is 27.0 Å². The molecule has 0 radical (unpaired) electrons. The Morgan fingerprint density at radius 3 is 2.19 bits per heavy atom. The van der Waals surface area contributed by atoms with E-state index in [-0.39, 0.29) is 0 Å². The van der Waals surface area contributed by atoms with E-state index >= 15 is 0 Å². The first kappa shape index (κ1) is 16.4. The predicted molar refractivity (Wildman–Crippen MR) is 101 cm³/mol. The van der Waals surface area contributed by atoms with Gasteiger partial charge in [-0.1, -0.05) is 30.3 Å². The quantitative estimate of drug-likeness (QED) is 0.530. The van der Waals surface area contributed by atoms with Gasteiger partial charge in [-0.05, 0) is 12.1 Å². The SMILES string of the molecule is COc1cc(-c2nc3scc(-c4ccccc4)n3n2)cc(OC)c1OC. The number of aromatic nitrogens is 3. The molecule has 0 aliphatic rings. The predicted octanol–water partition coefficient (Wildman–Crippen LogP) is 4.15. The van der Waals surface area contributed by atoms with Crippen LogP contribution in [0, 0.1) is 0 Å². The Balaban J connectivity index is 1.84. The number of hydrogen-bond acceptors (Lipinski definition) is 6. The smallest absolute Gasteiger partial charge is 0.213 e. The van der Waals surface area contributed by atoms with Gasteiger partial charge < -0.3 is 14.2 Å². The van der Waals surface area contributed by atoms with E-state index in [9.17, 15) is 0 Å². The van der Waals surface area contributed by atoms with Crippen molar-refractivity contribution >= 4 is 16.3 Å². The molecule has 0 bridgehead atoms. The van der Waals surface area contributed by atoms with Crippen molar-refractivity contribution in [1.82, 2.24) is 14.6 Å². The molecule has 0 aliphatic heterocycles. The maximum atomic E-state index is 5.42. The minimum atomic E-state index is 0.546. The molecule has 2 aromatic carbocycles. The fourth-order valence-corrected chi connectivity index (χ4v) is 3.65. The minimum Gasteiger partial charge on any atom is -0.493 e. The Kier molecular flexibility index (Phi) is 4.22. The van der Waals surface area contributed by atoms with Crippen LogP contribution in [0.3, 0.4) is 0 Å². The summed E-state index contributed by atoms with van der Waals surface area (Å²) in [5.74, 6) is 2.30. The van der Waals surface area contributed by atoms with Gasteiger partial charge in [0.2, 0.25) is 10.7 Å². The highest BCUT2D eigenvalue weighted by atomic mass is 32.1. The maximum Gasteiger partial charge on any atom is 0.213 e. The van der Waals surface area contributed by atoms with Gasteiger partial charge in [0, 0.05) is 16.5 Å². The van der Waals surface area contributed by atoms with Gasteiger partial charge in [0.25, 0.3) is 0 Å². The highest BCUT2D eigenvalue weighted by Crippen LogP contribution is 2.41. The molecule has 4 aromatic rings. The van der Waals surface area contributed by atoms with Gasteiger partial charge in [-0.2, -0.15) is 4.98 Å². The number of benzene rings is 2. The van der Waals surface area contributed by atoms with Crippen molar-refractivity contribution in [1.29, 1.82) is 0 Å². The fourth-order valence-electron chi connectivity index (χ4n) is 2.82. The second-order valence-corrected chi connectivity index (χ2v) is 6.37. The Morgan fingerprint density at radius 1 is 0.885 bits per heavy atom. The first-order valence-corrected chi connectivity index (χ1v) is 8.83. The first-order chi connectivity index (χ1) is 12.7. The van der Waals surface area contributed by atoms with Crippen LogP contribution in [0.25, 0.3) is 27.6 Å². The standard InChI is InChI=1S/C19H17N3O3S/c1-23-15-9-13(10-16(24-2)17(15)25-3)18-20-19-22(21-18)14(11-26-19)12-7-5-4-6-8-12/h4-11H,1-3H3. The zero-order chi connectivity index (χ0) is 18.1. The molecule has 0 saturated carbocycles. The summed E-state index contributed by atoms with van der Waals surface area (Å²) in [6.07, 6.45) is 0. The number of hydrogen-bond donors (Lipinski definition) is 0. The summed E-state index contributed by atoms with van der Waals surface area (Å²) >= 11 is 1.55. The van der Waals surface area contributed by atoms with E-state index < -0.39 is 0 Å². The fraction of sp³-hybridized carbons (Fsp3) is 0.158. The normalized spacial score (nSPS) is 10.9. The average Bonchev–Trinajstić information content (AvgIpc) is 3.28. The molecule has 132 valence electrons. The van der Waals surface area contributed by atoms with Gasteiger partial charge in [0.15, 0.2) is 17.3 Å². The molecule has 0 amide bonds. The van der Waals surface area contributed by atoms with Crippen molar-refractivity contribution in [3.63, 3.8) is 0 Å². The van der Waals surface area contributed by atoms with E-state index in [0.29, 0.717) is 23.1 Å². The molecule has 0 unspecified atom stereocenters. The van der Waals surface area contributed by atoms with Crippen LogP contribution < -0.4 is 14.2 Å². The molecule has 7 heteroatoms. The van der Waals surface area contributed by atoms with Gasteiger partial charge >= 0.3 is 0 Å². The van der Waals surface area contributed by atoms with Crippen LogP contribution in [-0.4, -0.2) is 35.9 Å². The van der Waals surface area contributed by atoms with Gasteiger partial charge in [-0.25, -0.2) is 4.52 Å². The Hall–Kier alpha value is -3.06. The van der Waals surface area contributed by atoms with Crippen molar-refractivity contribution in [3.05, 3.63) is 47.8 Å². The summed E-state index contributed by atoms with van der Waals surface area (Å²) in [6.45, 7) is 0. The molecule has 2 aromatic heterocycles. The van der Waals surface area contributed by atoms with E-state index in [1.54, 1.807) is 32.7 Å². The van der Waals surface area contributed by atoms with Crippen molar-refractivity contribution in [2.75, 3.05) is 21.3 Å². The van der Waals surface area contributed by atoms with Crippen LogP contribution in [0.5, 0.6) is 17.2 Å². The summed E-state index contributed by atoms with van der Waals surface area (Å²) in [7, 11) is 4.76. The molecule has 26 heavy (non-hydrogen) atoms. The lowest BCUT2D eigenvalue weighted by Crippen LogP contribution is -1.96. The first-order valence-electron chi connectivity index (χ1n) is 7.95. The molecule has 0 spiro atoms. The number of fused-ring (bicyclic) bond motifs is 1. The molecule has 0 atom stereocenters. The van der Waals surface area contributed by atoms with Gasteiger partial charge in [-0.3, -0.25) is 0 Å². The lowest BCUT2D eigenvalue weighted by molar-refractivity contribution is 0.324. The van der Waals surface area contributed by atoms with Crippen LogP contribution in [0.1, 0.15) is 0 Å². The number of thiazole rings is 1. The topological polar surface area (TPSA) is 57.9 Å².